The van der Waals surface area contributed by atoms with Crippen LogP contribution in [0.2, 0.25) is 0 Å². The van der Waals surface area contributed by atoms with Crippen LogP contribution in [0.25, 0.3) is 0 Å². The maximum Gasteiger partial charge on any atom is 0.225 e. The third kappa shape index (κ3) is 0.736. The fourth-order valence-electron chi connectivity index (χ4n) is 3.19. The largest absolute Gasteiger partial charge is 0.281 e. The Morgan fingerprint density at radius 2 is 2.00 bits per heavy atom. The molecule has 0 aromatic heterocycles. The van der Waals surface area contributed by atoms with Crippen LogP contribution in [0.1, 0.15) is 33.6 Å². The third-order valence-electron chi connectivity index (χ3n) is 4.63. The molecule has 0 N–H and O–H groups in total. The Bertz CT molecular complexity index is 250. The second-order valence-electron chi connectivity index (χ2n) is 5.01. The molecule has 68 valence electrons. The second kappa shape index (κ2) is 2.06. The standard InChI is InChI=1S/C10H15ClO/c1-6-4-7(8(11)12)10(3)5-9(6,10)2/h6-7H,4-5H2,1-3H3. The van der Waals surface area contributed by atoms with Gasteiger partial charge in [0, 0.05) is 5.92 Å². The van der Waals surface area contributed by atoms with Crippen LogP contribution in [0.3, 0.4) is 0 Å². The Kier molecular flexibility index (Phi) is 1.47. The number of halogens is 1. The molecule has 2 rings (SSSR count). The van der Waals surface area contributed by atoms with Crippen molar-refractivity contribution >= 4 is 16.8 Å². The summed E-state index contributed by atoms with van der Waals surface area (Å²) in [7, 11) is 0. The number of rotatable bonds is 1. The number of hydrogen-bond acceptors (Lipinski definition) is 1. The van der Waals surface area contributed by atoms with Gasteiger partial charge in [-0.05, 0) is 41.2 Å². The maximum absolute atomic E-state index is 11.1. The van der Waals surface area contributed by atoms with Crippen LogP contribution in [0.5, 0.6) is 0 Å². The first-order chi connectivity index (χ1) is 5.42. The van der Waals surface area contributed by atoms with Crippen LogP contribution in [0.4, 0.5) is 0 Å². The lowest BCUT2D eigenvalue weighted by atomic mass is 9.91. The summed E-state index contributed by atoms with van der Waals surface area (Å²) in [5.74, 6) is 0.786. The quantitative estimate of drug-likeness (QED) is 0.576. The second-order valence-corrected chi connectivity index (χ2v) is 5.38. The van der Waals surface area contributed by atoms with E-state index in [1.807, 2.05) is 0 Å². The zero-order chi connectivity index (χ0) is 9.15. The molecule has 0 spiro atoms. The summed E-state index contributed by atoms with van der Waals surface area (Å²) < 4.78 is 0. The van der Waals surface area contributed by atoms with Crippen molar-refractivity contribution in [3.05, 3.63) is 0 Å². The lowest BCUT2D eigenvalue weighted by Gasteiger charge is -2.14. The van der Waals surface area contributed by atoms with E-state index in [-0.39, 0.29) is 16.6 Å². The molecular weight excluding hydrogens is 172 g/mol. The first-order valence-electron chi connectivity index (χ1n) is 4.61. The van der Waals surface area contributed by atoms with Crippen molar-refractivity contribution in [1.29, 1.82) is 0 Å². The number of hydrogen-bond donors (Lipinski definition) is 0. The van der Waals surface area contributed by atoms with E-state index in [4.69, 9.17) is 11.6 Å². The Labute approximate surface area is 78.5 Å². The number of fused-ring (bicyclic) bond motifs is 1. The molecule has 2 aliphatic carbocycles. The Morgan fingerprint density at radius 1 is 1.42 bits per heavy atom. The van der Waals surface area contributed by atoms with Crippen molar-refractivity contribution in [1.82, 2.24) is 0 Å². The van der Waals surface area contributed by atoms with Gasteiger partial charge in [0.15, 0.2) is 0 Å². The molecule has 0 aromatic carbocycles. The van der Waals surface area contributed by atoms with Crippen molar-refractivity contribution in [2.45, 2.75) is 33.6 Å². The molecule has 2 saturated carbocycles. The van der Waals surface area contributed by atoms with Crippen LogP contribution in [-0.4, -0.2) is 5.24 Å². The highest BCUT2D eigenvalue weighted by Gasteiger charge is 2.72. The van der Waals surface area contributed by atoms with Crippen LogP contribution in [-0.2, 0) is 4.79 Å². The van der Waals surface area contributed by atoms with E-state index in [1.54, 1.807) is 0 Å². The van der Waals surface area contributed by atoms with Crippen LogP contribution in [0.15, 0.2) is 0 Å². The van der Waals surface area contributed by atoms with E-state index in [2.05, 4.69) is 20.8 Å². The fourth-order valence-corrected chi connectivity index (χ4v) is 3.52. The minimum atomic E-state index is -0.120. The van der Waals surface area contributed by atoms with Gasteiger partial charge in [-0.15, -0.1) is 0 Å². The summed E-state index contributed by atoms with van der Waals surface area (Å²) in [6, 6.07) is 0. The molecule has 12 heavy (non-hydrogen) atoms. The van der Waals surface area contributed by atoms with Crippen molar-refractivity contribution in [3.8, 4) is 0 Å². The molecule has 4 unspecified atom stereocenters. The van der Waals surface area contributed by atoms with Crippen molar-refractivity contribution in [3.63, 3.8) is 0 Å². The summed E-state index contributed by atoms with van der Waals surface area (Å²) in [4.78, 5) is 11.1. The minimum Gasteiger partial charge on any atom is -0.281 e. The van der Waals surface area contributed by atoms with Gasteiger partial charge in [0.05, 0.1) is 0 Å². The van der Waals surface area contributed by atoms with Crippen LogP contribution >= 0.6 is 11.6 Å². The Hall–Kier alpha value is -0.0400. The monoisotopic (exact) mass is 186 g/mol. The zero-order valence-electron chi connectivity index (χ0n) is 7.86. The van der Waals surface area contributed by atoms with Gasteiger partial charge in [-0.3, -0.25) is 4.79 Å². The molecule has 0 saturated heterocycles. The lowest BCUT2D eigenvalue weighted by Crippen LogP contribution is -2.16. The van der Waals surface area contributed by atoms with E-state index in [1.165, 1.54) is 6.42 Å². The molecule has 0 aromatic rings. The normalized spacial score (nSPS) is 56.7. The van der Waals surface area contributed by atoms with Crippen LogP contribution < -0.4 is 0 Å². The molecule has 0 heterocycles. The first kappa shape index (κ1) is 8.55. The van der Waals surface area contributed by atoms with Gasteiger partial charge in [0.1, 0.15) is 0 Å². The van der Waals surface area contributed by atoms with Gasteiger partial charge in [-0.2, -0.15) is 0 Å². The molecular formula is C10H15ClO. The first-order valence-corrected chi connectivity index (χ1v) is 4.99. The van der Waals surface area contributed by atoms with Crippen molar-refractivity contribution < 1.29 is 4.79 Å². The molecule has 0 aliphatic heterocycles. The SMILES string of the molecule is CC1CC(C(=O)Cl)C2(C)CC12C. The number of carbonyl (C=O) groups is 1. The smallest absolute Gasteiger partial charge is 0.225 e. The average molecular weight is 187 g/mol. The summed E-state index contributed by atoms with van der Waals surface area (Å²) in [5, 5.41) is -0.120. The van der Waals surface area contributed by atoms with E-state index >= 15 is 0 Å². The van der Waals surface area contributed by atoms with Crippen molar-refractivity contribution in [2.24, 2.45) is 22.7 Å². The summed E-state index contributed by atoms with van der Waals surface area (Å²) in [5.41, 5.74) is 0.632. The maximum atomic E-state index is 11.1. The Morgan fingerprint density at radius 3 is 2.17 bits per heavy atom. The molecule has 2 aliphatic rings. The molecule has 0 radical (unpaired) electrons. The number of carbonyl (C=O) groups excluding carboxylic acids is 1. The van der Waals surface area contributed by atoms with Gasteiger partial charge in [-0.1, -0.05) is 20.8 Å². The predicted octanol–water partition coefficient (Wildman–Crippen LogP) is 2.82. The van der Waals surface area contributed by atoms with Gasteiger partial charge in [-0.25, -0.2) is 0 Å². The van der Waals surface area contributed by atoms with Crippen molar-refractivity contribution in [2.75, 3.05) is 0 Å². The van der Waals surface area contributed by atoms with Gasteiger partial charge in [0.25, 0.3) is 0 Å². The van der Waals surface area contributed by atoms with E-state index < -0.39 is 0 Å². The summed E-state index contributed by atoms with van der Waals surface area (Å²) >= 11 is 5.58. The van der Waals surface area contributed by atoms with E-state index in [0.29, 0.717) is 11.3 Å². The molecule has 2 heteroatoms. The minimum absolute atomic E-state index is 0.120. The van der Waals surface area contributed by atoms with E-state index in [9.17, 15) is 4.79 Å². The molecule has 4 atom stereocenters. The van der Waals surface area contributed by atoms with Crippen LogP contribution in [0, 0.1) is 22.7 Å². The average Bonchev–Trinajstić information content (AvgIpc) is 2.44. The molecule has 0 bridgehead atoms. The highest BCUT2D eigenvalue weighted by molar-refractivity contribution is 6.64. The molecule has 0 amide bonds. The Balaban J connectivity index is 2.29. The predicted molar refractivity (Wildman–Crippen MR) is 49.0 cm³/mol. The highest BCUT2D eigenvalue weighted by Crippen LogP contribution is 2.77. The third-order valence-corrected chi connectivity index (χ3v) is 4.90. The summed E-state index contributed by atoms with van der Waals surface area (Å²) in [6.45, 7) is 6.74. The van der Waals surface area contributed by atoms with Gasteiger partial charge >= 0.3 is 0 Å². The van der Waals surface area contributed by atoms with E-state index in [0.717, 1.165) is 6.42 Å². The molecule has 2 fully saturated rings. The topological polar surface area (TPSA) is 17.1 Å². The zero-order valence-corrected chi connectivity index (χ0v) is 8.61. The van der Waals surface area contributed by atoms with Gasteiger partial charge in [0.2, 0.25) is 5.24 Å². The lowest BCUT2D eigenvalue weighted by molar-refractivity contribution is -0.116. The fraction of sp³-hybridized carbons (Fsp3) is 0.900. The summed E-state index contributed by atoms with van der Waals surface area (Å²) in [6.07, 6.45) is 2.18. The molecule has 1 nitrogen and oxygen atoms in total. The highest BCUT2D eigenvalue weighted by atomic mass is 35.5. The van der Waals surface area contributed by atoms with Gasteiger partial charge < -0.3 is 0 Å².